The van der Waals surface area contributed by atoms with Crippen LogP contribution in [0.3, 0.4) is 0 Å². The van der Waals surface area contributed by atoms with E-state index < -0.39 is 0 Å². The predicted molar refractivity (Wildman–Crippen MR) is 78.7 cm³/mol. The molecule has 100 valence electrons. The lowest BCUT2D eigenvalue weighted by molar-refractivity contribution is 0.0778. The van der Waals surface area contributed by atoms with E-state index in [1.54, 1.807) is 17.0 Å². The van der Waals surface area contributed by atoms with Crippen molar-refractivity contribution in [2.45, 2.75) is 13.8 Å². The maximum Gasteiger partial charge on any atom is 0.264 e. The van der Waals surface area contributed by atoms with Crippen LogP contribution in [0.1, 0.15) is 23.5 Å². The average Bonchev–Trinajstić information content (AvgIpc) is 2.89. The van der Waals surface area contributed by atoms with Gasteiger partial charge in [-0.1, -0.05) is 18.2 Å². The molecule has 0 saturated carbocycles. The zero-order valence-corrected chi connectivity index (χ0v) is 11.9. The van der Waals surface area contributed by atoms with Crippen molar-refractivity contribution >= 4 is 17.2 Å². The quantitative estimate of drug-likeness (QED) is 0.926. The Morgan fingerprint density at radius 2 is 1.84 bits per heavy atom. The van der Waals surface area contributed by atoms with Crippen LogP contribution < -0.4 is 0 Å². The molecular weight excluding hydrogens is 258 g/mol. The van der Waals surface area contributed by atoms with Gasteiger partial charge in [0.15, 0.2) is 0 Å². The summed E-state index contributed by atoms with van der Waals surface area (Å²) in [5, 5.41) is 11.8. The first-order chi connectivity index (χ1) is 9.19. The SMILES string of the molecule is CCN(CC)C(=O)c1sccc1-c1ccccc1O. The van der Waals surface area contributed by atoms with Gasteiger partial charge in [-0.25, -0.2) is 0 Å². The lowest BCUT2D eigenvalue weighted by Gasteiger charge is -2.18. The molecule has 0 aliphatic heterocycles. The molecule has 1 N–H and O–H groups in total. The Hall–Kier alpha value is -1.81. The van der Waals surface area contributed by atoms with Crippen LogP contribution in [0, 0.1) is 0 Å². The molecule has 0 saturated heterocycles. The fraction of sp³-hybridized carbons (Fsp3) is 0.267. The lowest BCUT2D eigenvalue weighted by Crippen LogP contribution is -2.30. The molecule has 1 aromatic heterocycles. The molecule has 0 aliphatic rings. The first-order valence-electron chi connectivity index (χ1n) is 6.34. The first-order valence-corrected chi connectivity index (χ1v) is 7.22. The van der Waals surface area contributed by atoms with Crippen molar-refractivity contribution in [3.63, 3.8) is 0 Å². The largest absolute Gasteiger partial charge is 0.507 e. The monoisotopic (exact) mass is 275 g/mol. The second-order valence-electron chi connectivity index (χ2n) is 4.16. The molecule has 1 amide bonds. The summed E-state index contributed by atoms with van der Waals surface area (Å²) in [6.45, 7) is 5.31. The van der Waals surface area contributed by atoms with E-state index in [0.717, 1.165) is 5.56 Å². The summed E-state index contributed by atoms with van der Waals surface area (Å²) in [6.07, 6.45) is 0. The second-order valence-corrected chi connectivity index (χ2v) is 5.07. The Bertz CT molecular complexity index is 573. The Morgan fingerprint density at radius 1 is 1.16 bits per heavy atom. The molecule has 1 heterocycles. The molecule has 0 fully saturated rings. The Kier molecular flexibility index (Phi) is 4.22. The maximum atomic E-state index is 12.4. The highest BCUT2D eigenvalue weighted by atomic mass is 32.1. The molecule has 1 aromatic carbocycles. The Balaban J connectivity index is 2.44. The van der Waals surface area contributed by atoms with Gasteiger partial charge in [0, 0.05) is 24.2 Å². The van der Waals surface area contributed by atoms with Crippen LogP contribution >= 0.6 is 11.3 Å². The molecular formula is C15H17NO2S. The Morgan fingerprint density at radius 3 is 2.47 bits per heavy atom. The standard InChI is InChI=1S/C15H17NO2S/c1-3-16(4-2)15(18)14-12(9-10-19-14)11-7-5-6-8-13(11)17/h5-10,17H,3-4H2,1-2H3. The first kappa shape index (κ1) is 13.6. The van der Waals surface area contributed by atoms with Gasteiger partial charge in [-0.2, -0.15) is 0 Å². The van der Waals surface area contributed by atoms with Gasteiger partial charge in [-0.15, -0.1) is 11.3 Å². The van der Waals surface area contributed by atoms with Crippen LogP contribution in [-0.4, -0.2) is 29.0 Å². The van der Waals surface area contributed by atoms with Crippen LogP contribution in [-0.2, 0) is 0 Å². The minimum absolute atomic E-state index is 0.0262. The van der Waals surface area contributed by atoms with E-state index >= 15 is 0 Å². The van der Waals surface area contributed by atoms with Crippen molar-refractivity contribution in [2.24, 2.45) is 0 Å². The summed E-state index contributed by atoms with van der Waals surface area (Å²) < 4.78 is 0. The summed E-state index contributed by atoms with van der Waals surface area (Å²) in [5.41, 5.74) is 1.51. The number of para-hydroxylation sites is 1. The molecule has 2 aromatic rings. The molecule has 3 nitrogen and oxygen atoms in total. The molecule has 0 radical (unpaired) electrons. The smallest absolute Gasteiger partial charge is 0.264 e. The van der Waals surface area contributed by atoms with Gasteiger partial charge in [-0.05, 0) is 31.4 Å². The summed E-state index contributed by atoms with van der Waals surface area (Å²) >= 11 is 1.42. The van der Waals surface area contributed by atoms with Crippen molar-refractivity contribution in [1.29, 1.82) is 0 Å². The van der Waals surface area contributed by atoms with Crippen LogP contribution in [0.25, 0.3) is 11.1 Å². The zero-order chi connectivity index (χ0) is 13.8. The number of phenolic OH excluding ortho intramolecular Hbond substituents is 1. The van der Waals surface area contributed by atoms with Crippen molar-refractivity contribution < 1.29 is 9.90 Å². The van der Waals surface area contributed by atoms with E-state index in [1.165, 1.54) is 11.3 Å². The molecule has 19 heavy (non-hydrogen) atoms. The number of carbonyl (C=O) groups excluding carboxylic acids is 1. The summed E-state index contributed by atoms with van der Waals surface area (Å²) in [5.74, 6) is 0.229. The number of rotatable bonds is 4. The number of benzene rings is 1. The molecule has 0 unspecified atom stereocenters. The third-order valence-corrected chi connectivity index (χ3v) is 4.01. The zero-order valence-electron chi connectivity index (χ0n) is 11.1. The fourth-order valence-corrected chi connectivity index (χ4v) is 2.92. The van der Waals surface area contributed by atoms with Crippen LogP contribution in [0.2, 0.25) is 0 Å². The van der Waals surface area contributed by atoms with E-state index in [1.807, 2.05) is 37.4 Å². The predicted octanol–water partition coefficient (Wildman–Crippen LogP) is 3.60. The number of carbonyl (C=O) groups is 1. The Labute approximate surface area is 117 Å². The van der Waals surface area contributed by atoms with E-state index in [-0.39, 0.29) is 11.7 Å². The number of thiophene rings is 1. The number of hydrogen-bond acceptors (Lipinski definition) is 3. The van der Waals surface area contributed by atoms with Crippen LogP contribution in [0.5, 0.6) is 5.75 Å². The minimum atomic E-state index is 0.0262. The van der Waals surface area contributed by atoms with Gasteiger partial charge in [0.2, 0.25) is 0 Å². The van der Waals surface area contributed by atoms with Crippen molar-refractivity contribution in [1.82, 2.24) is 4.90 Å². The van der Waals surface area contributed by atoms with E-state index in [2.05, 4.69) is 0 Å². The van der Waals surface area contributed by atoms with Crippen molar-refractivity contribution in [3.8, 4) is 16.9 Å². The molecule has 0 atom stereocenters. The van der Waals surface area contributed by atoms with Gasteiger partial charge >= 0.3 is 0 Å². The van der Waals surface area contributed by atoms with E-state index in [0.29, 0.717) is 23.5 Å². The van der Waals surface area contributed by atoms with Crippen molar-refractivity contribution in [2.75, 3.05) is 13.1 Å². The third kappa shape index (κ3) is 2.63. The highest BCUT2D eigenvalue weighted by Crippen LogP contribution is 2.34. The average molecular weight is 275 g/mol. The number of phenols is 1. The highest BCUT2D eigenvalue weighted by molar-refractivity contribution is 7.12. The highest BCUT2D eigenvalue weighted by Gasteiger charge is 2.20. The minimum Gasteiger partial charge on any atom is -0.507 e. The summed E-state index contributed by atoms with van der Waals surface area (Å²) in [7, 11) is 0. The fourth-order valence-electron chi connectivity index (χ4n) is 2.04. The van der Waals surface area contributed by atoms with Gasteiger partial charge in [0.25, 0.3) is 5.91 Å². The van der Waals surface area contributed by atoms with Gasteiger partial charge in [-0.3, -0.25) is 4.79 Å². The topological polar surface area (TPSA) is 40.5 Å². The van der Waals surface area contributed by atoms with Gasteiger partial charge in [0.05, 0.1) is 4.88 Å². The van der Waals surface area contributed by atoms with E-state index in [9.17, 15) is 9.90 Å². The molecule has 0 spiro atoms. The van der Waals surface area contributed by atoms with Crippen LogP contribution in [0.15, 0.2) is 35.7 Å². The second kappa shape index (κ2) is 5.89. The number of aromatic hydroxyl groups is 1. The van der Waals surface area contributed by atoms with Crippen LogP contribution in [0.4, 0.5) is 0 Å². The molecule has 0 bridgehead atoms. The number of amides is 1. The molecule has 2 rings (SSSR count). The lowest BCUT2D eigenvalue weighted by atomic mass is 10.1. The summed E-state index contributed by atoms with van der Waals surface area (Å²) in [4.78, 5) is 14.9. The maximum absolute atomic E-state index is 12.4. The van der Waals surface area contributed by atoms with Gasteiger partial charge < -0.3 is 10.0 Å². The number of hydrogen-bond donors (Lipinski definition) is 1. The van der Waals surface area contributed by atoms with Crippen molar-refractivity contribution in [3.05, 3.63) is 40.6 Å². The molecule has 4 heteroatoms. The summed E-state index contributed by atoms with van der Waals surface area (Å²) in [6, 6.07) is 8.99. The third-order valence-electron chi connectivity index (χ3n) is 3.10. The van der Waals surface area contributed by atoms with Gasteiger partial charge in [0.1, 0.15) is 5.75 Å². The normalized spacial score (nSPS) is 10.4. The van der Waals surface area contributed by atoms with E-state index in [4.69, 9.17) is 0 Å². The molecule has 0 aliphatic carbocycles. The number of nitrogens with zero attached hydrogens (tertiary/aromatic N) is 1.